The lowest BCUT2D eigenvalue weighted by atomic mass is 9.91. The summed E-state index contributed by atoms with van der Waals surface area (Å²) in [4.78, 5) is 48.4. The number of aliphatic hydroxyl groups is 1. The summed E-state index contributed by atoms with van der Waals surface area (Å²) in [7, 11) is 0. The number of carbonyl (C=O) groups excluding carboxylic acids is 2. The molecule has 5 N–H and O–H groups in total. The molecular formula is C61H74F2N12O7S. The Morgan fingerprint density at radius 1 is 0.855 bits per heavy atom. The molecule has 2 unspecified atom stereocenters. The van der Waals surface area contributed by atoms with Crippen LogP contribution in [0, 0.1) is 30.4 Å². The number of pyridine rings is 1. The van der Waals surface area contributed by atoms with Crippen LogP contribution in [0.4, 0.5) is 31.8 Å². The topological polar surface area (TPSA) is 225 Å². The number of phenolic OH excluding ortho intramolecular Hbond substituents is 1. The average molecular weight is 1160 g/mol. The molecular weight excluding hydrogens is 1080 g/mol. The standard InChI is InChI=1S/C61H74F2N12O7S/c1-34(2)56(61(79)74-32-42(76)24-51(74)60(78)67-35(3)38-21-47(62)57(48(63)22-38)58-36(4)66-33-83-58)53-28-54(70-82-53)72-19-12-37(13-20-72)29-71-17-14-43(15-18-71)80-44-25-45(26-44)81-55-23-39(11-16-65-55)75-40-9-10-41(75)31-73(30-40)50-27-49(68-69-59(50)64)46-7-5-6-8-52(46)77/h5-8,11,16,21-23,27-28,33-35,37,40-45,51,56,76-77H,9-10,12-15,17-20,24-26,29-32H2,1-4H3,(H2,64,69)(H,67,78)/t35-,40?,41?,42+,44-,45-,51-,56+/m0/s1. The number of ether oxygens (including phenoxy) is 2. The molecule has 2 aromatic carbocycles. The first-order valence-electron chi connectivity index (χ1n) is 29.5. The number of β-amino-alcohol motifs (C(OH)–C–C–N with tert-alkyl or cyclic N) is 1. The van der Waals surface area contributed by atoms with E-state index in [9.17, 15) is 19.8 Å². The first-order valence-corrected chi connectivity index (χ1v) is 30.3. The van der Waals surface area contributed by atoms with Crippen LogP contribution in [0.15, 0.2) is 76.9 Å². The van der Waals surface area contributed by atoms with E-state index < -0.39 is 41.6 Å². The number of fused-ring (bicyclic) bond motifs is 2. The SMILES string of the molecule is Cc1ncsc1-c1c(F)cc([C@H](C)NC(=O)[C@@H]2C[C@@H](O)CN2C(=O)[C@@H](c2cc(N3CCC(CN4CCC(O[C@H]5C[C@H](Oc6cc(N7C8CCC7CN(c7cc(-c9ccccc9O)nnc7N)C8)ccn6)C5)CC4)CC3)no2)C(C)C)cc1F. The second-order valence-electron chi connectivity index (χ2n) is 24.0. The molecule has 440 valence electrons. The quantitative estimate of drug-likeness (QED) is 0.0674. The summed E-state index contributed by atoms with van der Waals surface area (Å²) in [5.74, 6) is -0.563. The number of nitrogen functional groups attached to an aromatic ring is 1. The van der Waals surface area contributed by atoms with Gasteiger partial charge in [0.05, 0.1) is 57.4 Å². The number of nitrogens with one attached hydrogen (secondary N) is 1. The number of carbonyl (C=O) groups is 2. The summed E-state index contributed by atoms with van der Waals surface area (Å²) in [6, 6.07) is 16.3. The van der Waals surface area contributed by atoms with Crippen molar-refractivity contribution in [2.75, 3.05) is 72.8 Å². The van der Waals surface area contributed by atoms with Gasteiger partial charge in [-0.25, -0.2) is 18.7 Å². The van der Waals surface area contributed by atoms with Gasteiger partial charge in [-0.15, -0.1) is 21.5 Å². The van der Waals surface area contributed by atoms with Crippen LogP contribution >= 0.6 is 11.3 Å². The number of phenols is 1. The highest BCUT2D eigenvalue weighted by Crippen LogP contribution is 2.42. The monoisotopic (exact) mass is 1160 g/mol. The number of benzene rings is 2. The van der Waals surface area contributed by atoms with Crippen LogP contribution in [0.1, 0.15) is 108 Å². The number of nitrogens with zero attached hydrogens (tertiary/aromatic N) is 10. The molecule has 5 saturated heterocycles. The number of aliphatic hydroxyl groups excluding tert-OH is 1. The molecule has 9 heterocycles. The maximum Gasteiger partial charge on any atom is 0.243 e. The van der Waals surface area contributed by atoms with E-state index in [2.05, 4.69) is 62.4 Å². The predicted octanol–water partition coefficient (Wildman–Crippen LogP) is 8.27. The molecule has 2 amide bonds. The zero-order chi connectivity index (χ0) is 57.6. The molecule has 6 fully saturated rings. The number of halogens is 2. The fourth-order valence-corrected chi connectivity index (χ4v) is 14.4. The minimum atomic E-state index is -0.995. The smallest absolute Gasteiger partial charge is 0.243 e. The molecule has 22 heteroatoms. The van der Waals surface area contributed by atoms with Crippen molar-refractivity contribution in [1.82, 2.24) is 40.4 Å². The minimum Gasteiger partial charge on any atom is -0.507 e. The first kappa shape index (κ1) is 56.5. The largest absolute Gasteiger partial charge is 0.507 e. The van der Waals surface area contributed by atoms with Gasteiger partial charge in [-0.1, -0.05) is 31.1 Å². The van der Waals surface area contributed by atoms with Crippen molar-refractivity contribution < 1.29 is 42.6 Å². The van der Waals surface area contributed by atoms with Crippen LogP contribution in [-0.2, 0) is 14.3 Å². The molecule has 6 atom stereocenters. The number of rotatable bonds is 17. The Hall–Kier alpha value is -7.01. The van der Waals surface area contributed by atoms with Gasteiger partial charge >= 0.3 is 0 Å². The van der Waals surface area contributed by atoms with E-state index in [0.29, 0.717) is 51.0 Å². The molecule has 1 aliphatic carbocycles. The number of hydrogen-bond donors (Lipinski definition) is 4. The van der Waals surface area contributed by atoms with Crippen molar-refractivity contribution in [1.29, 1.82) is 0 Å². The second kappa shape index (κ2) is 23.9. The highest BCUT2D eigenvalue weighted by Gasteiger charge is 2.45. The second-order valence-corrected chi connectivity index (χ2v) is 24.9. The van der Waals surface area contributed by atoms with Crippen LogP contribution in [0.2, 0.25) is 0 Å². The van der Waals surface area contributed by atoms with Crippen LogP contribution in [-0.4, -0.2) is 152 Å². The third-order valence-electron chi connectivity index (χ3n) is 18.0. The lowest BCUT2D eigenvalue weighted by Gasteiger charge is -2.43. The number of anilines is 4. The van der Waals surface area contributed by atoms with E-state index in [0.717, 1.165) is 120 Å². The van der Waals surface area contributed by atoms with E-state index in [1.807, 2.05) is 44.3 Å². The highest BCUT2D eigenvalue weighted by atomic mass is 32.1. The molecule has 4 aromatic heterocycles. The normalized spacial score (nSPS) is 24.1. The van der Waals surface area contributed by atoms with Crippen LogP contribution in [0.25, 0.3) is 21.7 Å². The molecule has 2 bridgehead atoms. The Balaban J connectivity index is 0.569. The fourth-order valence-electron chi connectivity index (χ4n) is 13.5. The summed E-state index contributed by atoms with van der Waals surface area (Å²) in [6.45, 7) is 13.4. The number of aryl methyl sites for hydroxylation is 1. The molecule has 6 aliphatic rings. The summed E-state index contributed by atoms with van der Waals surface area (Å²) >= 11 is 1.15. The van der Waals surface area contributed by atoms with Crippen LogP contribution < -0.4 is 30.5 Å². The predicted molar refractivity (Wildman–Crippen MR) is 311 cm³/mol. The summed E-state index contributed by atoms with van der Waals surface area (Å²) in [5.41, 5.74) is 11.7. The average Bonchev–Trinajstić information content (AvgIpc) is 4.49. The van der Waals surface area contributed by atoms with Gasteiger partial charge in [0.25, 0.3) is 0 Å². The number of nitrogens with two attached hydrogens (primary N) is 1. The summed E-state index contributed by atoms with van der Waals surface area (Å²) in [5, 5.41) is 37.1. The summed E-state index contributed by atoms with van der Waals surface area (Å²) in [6.07, 6.45) is 9.30. The number of piperidine rings is 2. The van der Waals surface area contributed by atoms with E-state index >= 15 is 8.78 Å². The van der Waals surface area contributed by atoms with Crippen molar-refractivity contribution in [3.63, 3.8) is 0 Å². The van der Waals surface area contributed by atoms with E-state index in [1.165, 1.54) is 22.5 Å². The lowest BCUT2D eigenvalue weighted by molar-refractivity contribution is -0.141. The highest BCUT2D eigenvalue weighted by molar-refractivity contribution is 7.13. The molecule has 0 spiro atoms. The summed E-state index contributed by atoms with van der Waals surface area (Å²) < 4.78 is 49.6. The first-order chi connectivity index (χ1) is 40.1. The zero-order valence-electron chi connectivity index (χ0n) is 47.4. The Morgan fingerprint density at radius 3 is 2.29 bits per heavy atom. The van der Waals surface area contributed by atoms with Crippen molar-refractivity contribution in [2.45, 2.75) is 140 Å². The maximum atomic E-state index is 15.3. The molecule has 19 nitrogen and oxygen atoms in total. The number of thiazole rings is 1. The van der Waals surface area contributed by atoms with E-state index in [1.54, 1.807) is 26.0 Å². The number of hydrogen-bond acceptors (Lipinski definition) is 18. The van der Waals surface area contributed by atoms with Gasteiger partial charge in [-0.2, -0.15) is 0 Å². The lowest BCUT2D eigenvalue weighted by Crippen LogP contribution is -2.54. The van der Waals surface area contributed by atoms with Crippen molar-refractivity contribution in [3.8, 4) is 33.3 Å². The molecule has 6 aromatic rings. The number of aromatic nitrogens is 5. The van der Waals surface area contributed by atoms with Gasteiger partial charge in [-0.05, 0) is 106 Å². The third-order valence-corrected chi connectivity index (χ3v) is 19.0. The van der Waals surface area contributed by atoms with E-state index in [-0.39, 0.29) is 72.1 Å². The van der Waals surface area contributed by atoms with Crippen molar-refractivity contribution >= 4 is 46.2 Å². The van der Waals surface area contributed by atoms with Crippen molar-refractivity contribution in [3.05, 3.63) is 101 Å². The van der Waals surface area contributed by atoms with E-state index in [4.69, 9.17) is 19.7 Å². The van der Waals surface area contributed by atoms with Gasteiger partial charge < -0.3 is 59.8 Å². The van der Waals surface area contributed by atoms with Gasteiger partial charge in [-0.3, -0.25) is 9.59 Å². The van der Waals surface area contributed by atoms with Gasteiger partial charge in [0.1, 0.15) is 35.4 Å². The third kappa shape index (κ3) is 11.9. The van der Waals surface area contributed by atoms with Gasteiger partial charge in [0.2, 0.25) is 17.7 Å². The number of piperazine rings is 1. The molecule has 83 heavy (non-hydrogen) atoms. The number of likely N-dealkylation sites (tertiary alicyclic amines) is 2. The minimum absolute atomic E-state index is 0.0238. The zero-order valence-corrected chi connectivity index (χ0v) is 48.3. The fraction of sp³-hybridized carbons (Fsp3) is 0.525. The Bertz CT molecular complexity index is 3250. The molecule has 1 saturated carbocycles. The van der Waals surface area contributed by atoms with Gasteiger partial charge in [0.15, 0.2) is 17.4 Å². The van der Waals surface area contributed by atoms with Gasteiger partial charge in [0, 0.05) is 113 Å². The molecule has 5 aliphatic heterocycles. The number of aromatic hydroxyl groups is 1. The Kier molecular flexibility index (Phi) is 16.3. The van der Waals surface area contributed by atoms with Crippen molar-refractivity contribution in [2.24, 2.45) is 11.8 Å². The number of amides is 2. The Morgan fingerprint density at radius 2 is 1.59 bits per heavy atom. The van der Waals surface area contributed by atoms with Crippen LogP contribution in [0.3, 0.4) is 0 Å². The molecule has 0 radical (unpaired) electrons. The maximum absolute atomic E-state index is 15.3. The number of para-hydroxylation sites is 1. The van der Waals surface area contributed by atoms with Crippen LogP contribution in [0.5, 0.6) is 11.6 Å². The Labute approximate surface area is 486 Å². The molecule has 12 rings (SSSR count).